The number of hydrogen-bond acceptors (Lipinski definition) is 5. The zero-order valence-corrected chi connectivity index (χ0v) is 7.41. The van der Waals surface area contributed by atoms with Gasteiger partial charge in [0.1, 0.15) is 5.75 Å². The maximum atomic E-state index is 10.6. The molecule has 1 aromatic carbocycles. The molecule has 0 heterocycles. The summed E-state index contributed by atoms with van der Waals surface area (Å²) in [6.07, 6.45) is 0. The Morgan fingerprint density at radius 1 is 1.47 bits per heavy atom. The maximum Gasteiger partial charge on any atom is 0.504 e. The molecule has 0 atom stereocenters. The summed E-state index contributed by atoms with van der Waals surface area (Å²) in [5.74, 6) is -1.37. The van der Waals surface area contributed by atoms with E-state index in [0.29, 0.717) is 0 Å². The van der Waals surface area contributed by atoms with Gasteiger partial charge in [-0.05, 0) is 6.07 Å². The van der Waals surface area contributed by atoms with Gasteiger partial charge in [-0.25, -0.2) is 4.79 Å². The van der Waals surface area contributed by atoms with Gasteiger partial charge in [0.25, 0.3) is 5.69 Å². The van der Waals surface area contributed by atoms with Crippen LogP contribution in [0.15, 0.2) is 18.2 Å². The summed E-state index contributed by atoms with van der Waals surface area (Å²) in [7, 11) is -0.680. The molecule has 0 bridgehead atoms. The highest BCUT2D eigenvalue weighted by molar-refractivity contribution is 6.17. The Balaban J connectivity index is 3.19. The molecular weight excluding hydrogens is 205 g/mol. The Kier molecular flexibility index (Phi) is 3.24. The number of non-ortho nitro benzene ring substituents is 1. The molecule has 15 heavy (non-hydrogen) atoms. The molecule has 0 aliphatic heterocycles. The standard InChI is InChI=1S/C7H6BNO6/c10-7(11)4-1-5(9(13)14)3-6(2-4)15-8-12/h1-3,8,12H,(H,10,11). The van der Waals surface area contributed by atoms with E-state index >= 15 is 0 Å². The Labute approximate surface area is 84.4 Å². The van der Waals surface area contributed by atoms with Gasteiger partial charge in [0, 0.05) is 6.07 Å². The smallest absolute Gasteiger partial charge is 0.504 e. The molecule has 0 aliphatic rings. The van der Waals surface area contributed by atoms with Crippen LogP contribution < -0.4 is 4.65 Å². The number of aromatic carboxylic acids is 1. The van der Waals surface area contributed by atoms with Crippen molar-refractivity contribution >= 4 is 19.3 Å². The van der Waals surface area contributed by atoms with Crippen LogP contribution in [0, 0.1) is 10.1 Å². The van der Waals surface area contributed by atoms with E-state index in [1.54, 1.807) is 0 Å². The summed E-state index contributed by atoms with van der Waals surface area (Å²) in [5.41, 5.74) is -0.675. The monoisotopic (exact) mass is 211 g/mol. The van der Waals surface area contributed by atoms with E-state index in [1.807, 2.05) is 0 Å². The minimum absolute atomic E-state index is 0.0656. The number of carbonyl (C=O) groups is 1. The van der Waals surface area contributed by atoms with E-state index in [0.717, 1.165) is 18.2 Å². The summed E-state index contributed by atoms with van der Waals surface area (Å²) >= 11 is 0. The van der Waals surface area contributed by atoms with Gasteiger partial charge in [-0.1, -0.05) is 0 Å². The van der Waals surface area contributed by atoms with Gasteiger partial charge in [-0.3, -0.25) is 10.1 Å². The largest absolute Gasteiger partial charge is 0.539 e. The molecule has 0 amide bonds. The van der Waals surface area contributed by atoms with Crippen LogP contribution in [0.2, 0.25) is 0 Å². The van der Waals surface area contributed by atoms with E-state index in [-0.39, 0.29) is 11.3 Å². The van der Waals surface area contributed by atoms with Crippen LogP contribution in [0.5, 0.6) is 5.75 Å². The molecular formula is C7H6BNO6. The molecule has 0 aliphatic carbocycles. The fraction of sp³-hybridized carbons (Fsp3) is 0. The lowest BCUT2D eigenvalue weighted by Crippen LogP contribution is -2.03. The van der Waals surface area contributed by atoms with Crippen molar-refractivity contribution in [3.63, 3.8) is 0 Å². The lowest BCUT2D eigenvalue weighted by atomic mass is 10.2. The molecule has 2 N–H and O–H groups in total. The van der Waals surface area contributed by atoms with Crippen molar-refractivity contribution in [2.75, 3.05) is 0 Å². The second-order valence-electron chi connectivity index (χ2n) is 2.55. The van der Waals surface area contributed by atoms with Crippen molar-refractivity contribution in [2.24, 2.45) is 0 Å². The number of nitro benzene ring substituents is 1. The van der Waals surface area contributed by atoms with E-state index in [2.05, 4.69) is 4.65 Å². The third-order valence-corrected chi connectivity index (χ3v) is 1.58. The quantitative estimate of drug-likeness (QED) is 0.409. The highest BCUT2D eigenvalue weighted by Crippen LogP contribution is 2.22. The number of benzene rings is 1. The molecule has 0 spiro atoms. The Bertz CT molecular complexity index is 374. The summed E-state index contributed by atoms with van der Waals surface area (Å²) in [5, 5.41) is 27.5. The van der Waals surface area contributed by atoms with Crippen molar-refractivity contribution in [1.29, 1.82) is 0 Å². The number of nitrogens with zero attached hydrogens (tertiary/aromatic N) is 1. The summed E-state index contributed by atoms with van der Waals surface area (Å²) in [6.45, 7) is 0. The highest BCUT2D eigenvalue weighted by atomic mass is 16.6. The SMILES string of the molecule is O=C(O)c1cc(OBO)cc([N+](=O)[O-])c1. The molecule has 7 nitrogen and oxygen atoms in total. The average Bonchev–Trinajstić information content (AvgIpc) is 2.17. The van der Waals surface area contributed by atoms with Crippen molar-refractivity contribution in [2.45, 2.75) is 0 Å². The molecule has 1 rings (SSSR count). The van der Waals surface area contributed by atoms with E-state index in [1.165, 1.54) is 0 Å². The van der Waals surface area contributed by atoms with Gasteiger partial charge in [0.15, 0.2) is 0 Å². The molecule has 0 radical (unpaired) electrons. The molecule has 8 heteroatoms. The summed E-state index contributed by atoms with van der Waals surface area (Å²) < 4.78 is 4.58. The normalized spacial score (nSPS) is 9.40. The second-order valence-corrected chi connectivity index (χ2v) is 2.55. The van der Waals surface area contributed by atoms with Gasteiger partial charge in [0.05, 0.1) is 16.6 Å². The van der Waals surface area contributed by atoms with Crippen molar-refractivity contribution < 1.29 is 24.5 Å². The molecule has 0 unspecified atom stereocenters. The number of hydrogen-bond donors (Lipinski definition) is 2. The summed E-state index contributed by atoms with van der Waals surface area (Å²) in [6, 6.07) is 3.03. The fourth-order valence-corrected chi connectivity index (χ4v) is 0.970. The van der Waals surface area contributed by atoms with Crippen LogP contribution in [0.4, 0.5) is 5.69 Å². The summed E-state index contributed by atoms with van der Waals surface area (Å²) in [4.78, 5) is 20.3. The molecule has 0 saturated carbocycles. The van der Waals surface area contributed by atoms with Crippen molar-refractivity contribution in [3.8, 4) is 5.75 Å². The zero-order valence-electron chi connectivity index (χ0n) is 7.41. The first-order chi connectivity index (χ1) is 7.04. The molecule has 78 valence electrons. The molecule has 0 saturated heterocycles. The van der Waals surface area contributed by atoms with Crippen LogP contribution >= 0.6 is 0 Å². The minimum Gasteiger partial charge on any atom is -0.539 e. The number of carboxylic acids is 1. The highest BCUT2D eigenvalue weighted by Gasteiger charge is 2.14. The predicted molar refractivity (Wildman–Crippen MR) is 50.1 cm³/mol. The topological polar surface area (TPSA) is 110 Å². The Hall–Kier alpha value is -2.09. The van der Waals surface area contributed by atoms with Crippen LogP contribution in [-0.2, 0) is 0 Å². The lowest BCUT2D eigenvalue weighted by Gasteiger charge is -2.03. The lowest BCUT2D eigenvalue weighted by molar-refractivity contribution is -0.384. The molecule has 0 fully saturated rings. The van der Waals surface area contributed by atoms with Crippen molar-refractivity contribution in [1.82, 2.24) is 0 Å². The number of rotatable bonds is 4. The van der Waals surface area contributed by atoms with E-state index in [4.69, 9.17) is 10.1 Å². The van der Waals surface area contributed by atoms with E-state index in [9.17, 15) is 14.9 Å². The predicted octanol–water partition coefficient (Wildman–Crippen LogP) is -0.0694. The van der Waals surface area contributed by atoms with Gasteiger partial charge in [-0.15, -0.1) is 0 Å². The average molecular weight is 211 g/mol. The first-order valence-electron chi connectivity index (χ1n) is 3.81. The van der Waals surface area contributed by atoms with Crippen LogP contribution in [0.1, 0.15) is 10.4 Å². The first kappa shape index (κ1) is 11.0. The Morgan fingerprint density at radius 2 is 2.13 bits per heavy atom. The fourth-order valence-electron chi connectivity index (χ4n) is 0.970. The third kappa shape index (κ3) is 2.68. The van der Waals surface area contributed by atoms with Gasteiger partial charge >= 0.3 is 13.7 Å². The second kappa shape index (κ2) is 4.42. The molecule has 0 aromatic heterocycles. The maximum absolute atomic E-state index is 10.6. The van der Waals surface area contributed by atoms with Crippen LogP contribution in [0.25, 0.3) is 0 Å². The number of carboxylic acid groups (broad SMARTS) is 1. The zero-order chi connectivity index (χ0) is 11.4. The van der Waals surface area contributed by atoms with Crippen LogP contribution in [0.3, 0.4) is 0 Å². The van der Waals surface area contributed by atoms with Crippen molar-refractivity contribution in [3.05, 3.63) is 33.9 Å². The molecule has 1 aromatic rings. The third-order valence-electron chi connectivity index (χ3n) is 1.58. The Morgan fingerprint density at radius 3 is 2.60 bits per heavy atom. The number of nitro groups is 1. The van der Waals surface area contributed by atoms with Crippen LogP contribution in [-0.4, -0.2) is 28.7 Å². The first-order valence-corrected chi connectivity index (χ1v) is 3.81. The van der Waals surface area contributed by atoms with Gasteiger partial charge in [-0.2, -0.15) is 0 Å². The van der Waals surface area contributed by atoms with E-state index < -0.39 is 24.3 Å². The van der Waals surface area contributed by atoms with Gasteiger partial charge < -0.3 is 14.8 Å². The van der Waals surface area contributed by atoms with Gasteiger partial charge in [0.2, 0.25) is 0 Å². The minimum atomic E-state index is -1.30.